The number of nitrogens with one attached hydrogen (secondary N) is 1. The highest BCUT2D eigenvalue weighted by molar-refractivity contribution is 6.09. The molecule has 3 aliphatic heterocycles. The molecule has 1 aromatic rings. The molecule has 3 aliphatic rings. The van der Waals surface area contributed by atoms with Crippen molar-refractivity contribution in [2.45, 2.75) is 59.1 Å². The fraction of sp³-hybridized carbons (Fsp3) is 0.591. The molecule has 0 aromatic heterocycles. The predicted molar refractivity (Wildman–Crippen MR) is 114 cm³/mol. The van der Waals surface area contributed by atoms with Gasteiger partial charge in [0.15, 0.2) is 5.84 Å². The Labute approximate surface area is 177 Å². The van der Waals surface area contributed by atoms with Crippen LogP contribution >= 0.6 is 0 Å². The van der Waals surface area contributed by atoms with Gasteiger partial charge >= 0.3 is 6.09 Å². The monoisotopic (exact) mass is 414 g/mol. The largest absolute Gasteiger partial charge is 0.483 e. The first-order valence-corrected chi connectivity index (χ1v) is 10.4. The number of nitrogens with zero attached hydrogens (tertiary/aromatic N) is 3. The molecule has 0 radical (unpaired) electrons. The zero-order valence-corrected chi connectivity index (χ0v) is 18.5. The van der Waals surface area contributed by atoms with Gasteiger partial charge in [-0.2, -0.15) is 5.10 Å². The molecule has 2 amide bonds. The molecule has 3 heterocycles. The standard InChI is InChI=1S/C22H30N4O4/c1-13(22(6)11-25(12-22)20(28)30-21(3,4)5)15-7-8-17-16(9-15)26-14(2)19(27)24-23-18(26)10-29-17/h7-9,13-14H,10-12H2,1-6H3,(H,24,27)/t13-,14-/m1/s1. The Balaban J connectivity index is 1.53. The number of rotatable bonds is 2. The Morgan fingerprint density at radius 1 is 1.37 bits per heavy atom. The molecule has 4 rings (SSSR count). The van der Waals surface area contributed by atoms with Crippen LogP contribution in [0.5, 0.6) is 5.75 Å². The van der Waals surface area contributed by atoms with E-state index in [2.05, 4.69) is 36.5 Å². The quantitative estimate of drug-likeness (QED) is 0.804. The predicted octanol–water partition coefficient (Wildman–Crippen LogP) is 3.08. The van der Waals surface area contributed by atoms with E-state index in [0.29, 0.717) is 25.5 Å². The molecular weight excluding hydrogens is 384 g/mol. The number of benzene rings is 1. The third-order valence-corrected chi connectivity index (χ3v) is 6.24. The van der Waals surface area contributed by atoms with Crippen molar-refractivity contribution in [3.05, 3.63) is 23.8 Å². The maximum absolute atomic E-state index is 12.3. The molecule has 0 spiro atoms. The lowest BCUT2D eigenvalue weighted by atomic mass is 9.69. The Hall–Kier alpha value is -2.77. The maximum Gasteiger partial charge on any atom is 0.410 e. The third-order valence-electron chi connectivity index (χ3n) is 6.24. The summed E-state index contributed by atoms with van der Waals surface area (Å²) in [5.74, 6) is 1.52. The summed E-state index contributed by atoms with van der Waals surface area (Å²) in [6, 6.07) is 5.77. The average molecular weight is 415 g/mol. The number of ether oxygens (including phenoxy) is 2. The van der Waals surface area contributed by atoms with E-state index in [-0.39, 0.29) is 29.4 Å². The van der Waals surface area contributed by atoms with Crippen LogP contribution in [0.3, 0.4) is 0 Å². The summed E-state index contributed by atoms with van der Waals surface area (Å²) in [5.41, 5.74) is 4.00. The van der Waals surface area contributed by atoms with Gasteiger partial charge in [-0.25, -0.2) is 10.2 Å². The van der Waals surface area contributed by atoms with Crippen molar-refractivity contribution in [2.24, 2.45) is 10.5 Å². The third kappa shape index (κ3) is 3.48. The molecule has 30 heavy (non-hydrogen) atoms. The summed E-state index contributed by atoms with van der Waals surface area (Å²) in [5, 5.41) is 4.15. The number of amidine groups is 1. The number of carbonyl (C=O) groups excluding carboxylic acids is 2. The van der Waals surface area contributed by atoms with E-state index in [1.54, 1.807) is 4.90 Å². The lowest BCUT2D eigenvalue weighted by molar-refractivity contribution is -0.122. The highest BCUT2D eigenvalue weighted by Crippen LogP contribution is 2.46. The summed E-state index contributed by atoms with van der Waals surface area (Å²) >= 11 is 0. The Bertz CT molecular complexity index is 914. The number of likely N-dealkylation sites (tertiary alicyclic amines) is 1. The summed E-state index contributed by atoms with van der Waals surface area (Å²) < 4.78 is 11.3. The van der Waals surface area contributed by atoms with E-state index >= 15 is 0 Å². The minimum atomic E-state index is -0.496. The minimum Gasteiger partial charge on any atom is -0.483 e. The fourth-order valence-electron chi connectivity index (χ4n) is 4.27. The molecule has 0 aliphatic carbocycles. The summed E-state index contributed by atoms with van der Waals surface area (Å²) in [7, 11) is 0. The highest BCUT2D eigenvalue weighted by Gasteiger charge is 2.47. The molecule has 0 unspecified atom stereocenters. The van der Waals surface area contributed by atoms with Gasteiger partial charge in [-0.15, -0.1) is 0 Å². The van der Waals surface area contributed by atoms with Gasteiger partial charge in [-0.1, -0.05) is 19.9 Å². The molecule has 0 bridgehead atoms. The van der Waals surface area contributed by atoms with Crippen LogP contribution in [0.25, 0.3) is 0 Å². The fourth-order valence-corrected chi connectivity index (χ4v) is 4.27. The molecule has 2 atom stereocenters. The van der Waals surface area contributed by atoms with Crippen LogP contribution in [-0.2, 0) is 9.53 Å². The first kappa shape index (κ1) is 20.5. The van der Waals surface area contributed by atoms with Crippen LogP contribution in [0.15, 0.2) is 23.3 Å². The molecule has 1 N–H and O–H groups in total. The van der Waals surface area contributed by atoms with E-state index in [4.69, 9.17) is 9.47 Å². The van der Waals surface area contributed by atoms with Crippen LogP contribution in [0.2, 0.25) is 0 Å². The summed E-state index contributed by atoms with van der Waals surface area (Å²) in [4.78, 5) is 28.2. The topological polar surface area (TPSA) is 83.5 Å². The molecule has 1 saturated heterocycles. The summed E-state index contributed by atoms with van der Waals surface area (Å²) in [6.45, 7) is 13.5. The van der Waals surface area contributed by atoms with Crippen molar-refractivity contribution in [1.29, 1.82) is 0 Å². The van der Waals surface area contributed by atoms with Crippen molar-refractivity contribution < 1.29 is 19.1 Å². The summed E-state index contributed by atoms with van der Waals surface area (Å²) in [6.07, 6.45) is -0.264. The molecule has 0 saturated carbocycles. The van der Waals surface area contributed by atoms with E-state index in [0.717, 1.165) is 17.0 Å². The Morgan fingerprint density at radius 3 is 2.73 bits per heavy atom. The van der Waals surface area contributed by atoms with E-state index in [9.17, 15) is 9.59 Å². The number of carbonyl (C=O) groups is 2. The van der Waals surface area contributed by atoms with Crippen molar-refractivity contribution >= 4 is 23.5 Å². The zero-order chi connectivity index (χ0) is 21.8. The van der Waals surface area contributed by atoms with Gasteiger partial charge < -0.3 is 19.3 Å². The minimum absolute atomic E-state index is 0.0531. The molecule has 8 heteroatoms. The van der Waals surface area contributed by atoms with Gasteiger partial charge in [-0.05, 0) is 51.3 Å². The molecule has 1 fully saturated rings. The van der Waals surface area contributed by atoms with Gasteiger partial charge in [0.05, 0.1) is 5.69 Å². The number of fused-ring (bicyclic) bond motifs is 3. The lowest BCUT2D eigenvalue weighted by Crippen LogP contribution is -2.59. The smallest absolute Gasteiger partial charge is 0.410 e. The van der Waals surface area contributed by atoms with Crippen LogP contribution in [0.4, 0.5) is 10.5 Å². The molecule has 1 aromatic carbocycles. The molecule has 8 nitrogen and oxygen atoms in total. The van der Waals surface area contributed by atoms with Gasteiger partial charge in [-0.3, -0.25) is 4.79 Å². The lowest BCUT2D eigenvalue weighted by Gasteiger charge is -2.51. The maximum atomic E-state index is 12.3. The molecule has 162 valence electrons. The number of hydrazone groups is 1. The Morgan fingerprint density at radius 2 is 2.07 bits per heavy atom. The van der Waals surface area contributed by atoms with Crippen LogP contribution in [-0.4, -0.2) is 54.1 Å². The van der Waals surface area contributed by atoms with Gasteiger partial charge in [0.25, 0.3) is 5.91 Å². The number of amides is 2. The van der Waals surface area contributed by atoms with E-state index < -0.39 is 5.60 Å². The number of hydrogen-bond donors (Lipinski definition) is 1. The van der Waals surface area contributed by atoms with Crippen LogP contribution in [0.1, 0.15) is 53.0 Å². The van der Waals surface area contributed by atoms with Gasteiger partial charge in [0, 0.05) is 18.5 Å². The SMILES string of the molecule is C[C@@H]1C(=O)NN=C2COc3ccc([C@@H](C)C4(C)CN(C(=O)OC(C)(C)C)C4)cc3N21. The first-order chi connectivity index (χ1) is 14.0. The number of anilines is 1. The second-order valence-electron chi connectivity index (χ2n) is 9.78. The van der Waals surface area contributed by atoms with Crippen molar-refractivity contribution in [3.63, 3.8) is 0 Å². The highest BCUT2D eigenvalue weighted by atomic mass is 16.6. The van der Waals surface area contributed by atoms with Gasteiger partial charge in [0.2, 0.25) is 0 Å². The first-order valence-electron chi connectivity index (χ1n) is 10.4. The van der Waals surface area contributed by atoms with Gasteiger partial charge in [0.1, 0.15) is 24.0 Å². The van der Waals surface area contributed by atoms with Crippen molar-refractivity contribution in [1.82, 2.24) is 10.3 Å². The van der Waals surface area contributed by atoms with Crippen molar-refractivity contribution in [2.75, 3.05) is 24.6 Å². The van der Waals surface area contributed by atoms with Crippen LogP contribution < -0.4 is 15.1 Å². The Kier molecular flexibility index (Phi) is 4.71. The zero-order valence-electron chi connectivity index (χ0n) is 18.5. The van der Waals surface area contributed by atoms with E-state index in [1.165, 1.54) is 0 Å². The molecular formula is C22H30N4O4. The van der Waals surface area contributed by atoms with E-state index in [1.807, 2.05) is 38.7 Å². The van der Waals surface area contributed by atoms with Crippen molar-refractivity contribution in [3.8, 4) is 5.75 Å². The number of hydrogen-bond acceptors (Lipinski definition) is 6. The second-order valence-corrected chi connectivity index (χ2v) is 9.78. The normalized spacial score (nSPS) is 23.2. The average Bonchev–Trinajstić information content (AvgIpc) is 2.65. The van der Waals surface area contributed by atoms with Crippen LogP contribution in [0, 0.1) is 5.41 Å². The second kappa shape index (κ2) is 6.89.